The van der Waals surface area contributed by atoms with Crippen LogP contribution in [0.15, 0.2) is 47.5 Å². The molecule has 1 unspecified atom stereocenters. The van der Waals surface area contributed by atoms with E-state index < -0.39 is 10.0 Å². The van der Waals surface area contributed by atoms with Gasteiger partial charge in [-0.3, -0.25) is 4.90 Å². The molecule has 1 aromatic carbocycles. The molecule has 2 aromatic rings. The van der Waals surface area contributed by atoms with Gasteiger partial charge in [-0.05, 0) is 68.0 Å². The quantitative estimate of drug-likeness (QED) is 0.787. The third kappa shape index (κ3) is 4.97. The molecule has 0 saturated carbocycles. The molecule has 2 aliphatic rings. The van der Waals surface area contributed by atoms with Gasteiger partial charge in [0.1, 0.15) is 5.82 Å². The van der Waals surface area contributed by atoms with E-state index in [-0.39, 0.29) is 6.04 Å². The van der Waals surface area contributed by atoms with Gasteiger partial charge in [0.25, 0.3) is 0 Å². The Hall–Kier alpha value is -1.96. The highest BCUT2D eigenvalue weighted by Crippen LogP contribution is 2.24. The van der Waals surface area contributed by atoms with Crippen LogP contribution in [0.4, 0.5) is 5.82 Å². The van der Waals surface area contributed by atoms with Crippen LogP contribution in [-0.4, -0.2) is 57.1 Å². The van der Waals surface area contributed by atoms with Crippen LogP contribution in [0.5, 0.6) is 0 Å². The van der Waals surface area contributed by atoms with Crippen molar-refractivity contribution in [3.05, 3.63) is 53.7 Å². The molecule has 1 aromatic heterocycles. The summed E-state index contributed by atoms with van der Waals surface area (Å²) in [5, 5.41) is 0. The molecular weight excluding hydrogens is 384 g/mol. The first-order chi connectivity index (χ1) is 14.0. The molecule has 1 saturated heterocycles. The van der Waals surface area contributed by atoms with E-state index in [1.807, 2.05) is 43.5 Å². The number of fused-ring (bicyclic) bond motifs is 1. The number of piperazine rings is 1. The Morgan fingerprint density at radius 1 is 1.03 bits per heavy atom. The summed E-state index contributed by atoms with van der Waals surface area (Å²) >= 11 is 0. The topological polar surface area (TPSA) is 65.5 Å². The number of benzene rings is 1. The minimum atomic E-state index is -3.49. The number of aryl methyl sites for hydroxylation is 2. The fraction of sp³-hybridized carbons (Fsp3) is 0.500. The Balaban J connectivity index is 1.32. The molecule has 1 atom stereocenters. The Labute approximate surface area is 174 Å². The van der Waals surface area contributed by atoms with E-state index >= 15 is 0 Å². The van der Waals surface area contributed by atoms with Gasteiger partial charge in [0.05, 0.1) is 4.90 Å². The van der Waals surface area contributed by atoms with E-state index in [4.69, 9.17) is 0 Å². The first-order valence-corrected chi connectivity index (χ1v) is 12.0. The van der Waals surface area contributed by atoms with Crippen LogP contribution in [0.2, 0.25) is 0 Å². The summed E-state index contributed by atoms with van der Waals surface area (Å²) in [7, 11) is -3.49. The number of hydrogen-bond acceptors (Lipinski definition) is 5. The SMILES string of the molecule is CC(CN1CCN(c2ccccn2)CC1)NS(=O)(=O)c1ccc2c(c1)CCCC2. The summed E-state index contributed by atoms with van der Waals surface area (Å²) in [5.41, 5.74) is 2.49. The maximum absolute atomic E-state index is 12.9. The zero-order valence-electron chi connectivity index (χ0n) is 17.0. The van der Waals surface area contributed by atoms with Gasteiger partial charge in [-0.1, -0.05) is 12.1 Å². The van der Waals surface area contributed by atoms with Crippen molar-refractivity contribution in [3.63, 3.8) is 0 Å². The lowest BCUT2D eigenvalue weighted by molar-refractivity contribution is 0.241. The molecule has 1 fully saturated rings. The lowest BCUT2D eigenvalue weighted by Gasteiger charge is -2.36. The smallest absolute Gasteiger partial charge is 0.240 e. The van der Waals surface area contributed by atoms with Crippen molar-refractivity contribution in [3.8, 4) is 0 Å². The Morgan fingerprint density at radius 2 is 1.79 bits per heavy atom. The molecule has 0 spiro atoms. The standard InChI is InChI=1S/C22H30N4O2S/c1-18(17-25-12-14-26(15-13-25)22-8-4-5-11-23-22)24-29(27,28)21-10-9-19-6-2-3-7-20(19)16-21/h4-5,8-11,16,18,24H,2-3,6-7,12-15,17H2,1H3. The molecule has 0 bridgehead atoms. The molecular formula is C22H30N4O2S. The van der Waals surface area contributed by atoms with Crippen molar-refractivity contribution >= 4 is 15.8 Å². The van der Waals surface area contributed by atoms with E-state index in [1.54, 1.807) is 6.07 Å². The van der Waals surface area contributed by atoms with Crippen LogP contribution in [-0.2, 0) is 22.9 Å². The van der Waals surface area contributed by atoms with Crippen LogP contribution in [0.1, 0.15) is 30.9 Å². The maximum atomic E-state index is 12.9. The van der Waals surface area contributed by atoms with Gasteiger partial charge in [-0.15, -0.1) is 0 Å². The second kappa shape index (κ2) is 8.81. The number of nitrogens with one attached hydrogen (secondary N) is 1. The largest absolute Gasteiger partial charge is 0.354 e. The summed E-state index contributed by atoms with van der Waals surface area (Å²) in [6.45, 7) is 6.27. The zero-order chi connectivity index (χ0) is 20.3. The molecule has 29 heavy (non-hydrogen) atoms. The van der Waals surface area contributed by atoms with E-state index in [0.29, 0.717) is 11.4 Å². The molecule has 1 aliphatic carbocycles. The number of hydrogen-bond donors (Lipinski definition) is 1. The van der Waals surface area contributed by atoms with Crippen molar-refractivity contribution in [2.75, 3.05) is 37.6 Å². The third-order valence-electron chi connectivity index (χ3n) is 5.86. The van der Waals surface area contributed by atoms with Gasteiger partial charge in [-0.25, -0.2) is 18.1 Å². The maximum Gasteiger partial charge on any atom is 0.240 e. The van der Waals surface area contributed by atoms with Gasteiger partial charge in [0, 0.05) is 45.0 Å². The van der Waals surface area contributed by atoms with E-state index in [9.17, 15) is 8.42 Å². The number of pyridine rings is 1. The molecule has 0 amide bonds. The van der Waals surface area contributed by atoms with Gasteiger partial charge < -0.3 is 4.90 Å². The van der Waals surface area contributed by atoms with Gasteiger partial charge >= 0.3 is 0 Å². The predicted octanol–water partition coefficient (Wildman–Crippen LogP) is 2.45. The first-order valence-electron chi connectivity index (χ1n) is 10.5. The molecule has 1 aliphatic heterocycles. The van der Waals surface area contributed by atoms with E-state index in [1.165, 1.54) is 17.5 Å². The van der Waals surface area contributed by atoms with Crippen molar-refractivity contribution in [1.29, 1.82) is 0 Å². The number of rotatable bonds is 6. The van der Waals surface area contributed by atoms with Crippen LogP contribution >= 0.6 is 0 Å². The van der Waals surface area contributed by atoms with Crippen molar-refractivity contribution < 1.29 is 8.42 Å². The van der Waals surface area contributed by atoms with Crippen LogP contribution in [0.25, 0.3) is 0 Å². The van der Waals surface area contributed by atoms with E-state index in [2.05, 4.69) is 19.5 Å². The number of aromatic nitrogens is 1. The second-order valence-corrected chi connectivity index (χ2v) is 9.85. The highest BCUT2D eigenvalue weighted by atomic mass is 32.2. The summed E-state index contributed by atoms with van der Waals surface area (Å²) in [6.07, 6.45) is 6.20. The van der Waals surface area contributed by atoms with Crippen molar-refractivity contribution in [2.45, 2.75) is 43.5 Å². The molecule has 156 valence electrons. The van der Waals surface area contributed by atoms with Crippen molar-refractivity contribution in [1.82, 2.24) is 14.6 Å². The van der Waals surface area contributed by atoms with Gasteiger partial charge in [-0.2, -0.15) is 0 Å². The van der Waals surface area contributed by atoms with Crippen LogP contribution < -0.4 is 9.62 Å². The monoisotopic (exact) mass is 414 g/mol. The number of sulfonamides is 1. The lowest BCUT2D eigenvalue weighted by atomic mass is 9.92. The Bertz CT molecular complexity index is 925. The molecule has 0 radical (unpaired) electrons. The number of nitrogens with zero attached hydrogens (tertiary/aromatic N) is 3. The second-order valence-electron chi connectivity index (χ2n) is 8.14. The summed E-state index contributed by atoms with van der Waals surface area (Å²) < 4.78 is 28.6. The average Bonchev–Trinajstić information content (AvgIpc) is 2.74. The highest BCUT2D eigenvalue weighted by molar-refractivity contribution is 7.89. The van der Waals surface area contributed by atoms with Crippen LogP contribution in [0, 0.1) is 0 Å². The highest BCUT2D eigenvalue weighted by Gasteiger charge is 2.23. The summed E-state index contributed by atoms with van der Waals surface area (Å²) in [5.74, 6) is 1.01. The van der Waals surface area contributed by atoms with Gasteiger partial charge in [0.2, 0.25) is 10.0 Å². The minimum absolute atomic E-state index is 0.141. The minimum Gasteiger partial charge on any atom is -0.354 e. The zero-order valence-corrected chi connectivity index (χ0v) is 17.9. The van der Waals surface area contributed by atoms with Crippen molar-refractivity contribution in [2.24, 2.45) is 0 Å². The first kappa shape index (κ1) is 20.3. The fourth-order valence-corrected chi connectivity index (χ4v) is 5.62. The lowest BCUT2D eigenvalue weighted by Crippen LogP contribution is -2.51. The Kier molecular flexibility index (Phi) is 6.18. The average molecular weight is 415 g/mol. The van der Waals surface area contributed by atoms with Gasteiger partial charge in [0.15, 0.2) is 0 Å². The molecule has 6 nitrogen and oxygen atoms in total. The van der Waals surface area contributed by atoms with E-state index in [0.717, 1.165) is 51.3 Å². The summed E-state index contributed by atoms with van der Waals surface area (Å²) in [4.78, 5) is 9.41. The fourth-order valence-electron chi connectivity index (χ4n) is 4.33. The summed E-state index contributed by atoms with van der Waals surface area (Å²) in [6, 6.07) is 11.4. The third-order valence-corrected chi connectivity index (χ3v) is 7.45. The normalized spacial score (nSPS) is 19.0. The molecule has 7 heteroatoms. The molecule has 4 rings (SSSR count). The number of anilines is 1. The van der Waals surface area contributed by atoms with Crippen LogP contribution in [0.3, 0.4) is 0 Å². The molecule has 1 N–H and O–H groups in total. The Morgan fingerprint density at radius 3 is 2.52 bits per heavy atom. The molecule has 2 heterocycles. The predicted molar refractivity (Wildman–Crippen MR) is 116 cm³/mol.